The molecule has 2 aromatic carbocycles. The van der Waals surface area contributed by atoms with Crippen molar-refractivity contribution in [1.29, 1.82) is 0 Å². The van der Waals surface area contributed by atoms with Gasteiger partial charge in [-0.2, -0.15) is 17.3 Å². The maximum absolute atomic E-state index is 12.3. The lowest BCUT2D eigenvalue weighted by atomic mass is 9.99. The van der Waals surface area contributed by atoms with Crippen LogP contribution in [0.25, 0.3) is 0 Å². The quantitative estimate of drug-likeness (QED) is 0.126. The molecule has 2 unspecified atom stereocenters. The molecule has 9 heteroatoms. The first-order chi connectivity index (χ1) is 18.3. The van der Waals surface area contributed by atoms with Crippen LogP contribution in [-0.4, -0.2) is 18.6 Å². The summed E-state index contributed by atoms with van der Waals surface area (Å²) in [5, 5.41) is 10.8. The largest absolute Gasteiger partial charge is 0.457 e. The number of unbranched alkanes of at least 4 members (excludes halogenated alkanes) is 2. The van der Waals surface area contributed by atoms with E-state index in [4.69, 9.17) is 0 Å². The summed E-state index contributed by atoms with van der Waals surface area (Å²) in [5.41, 5.74) is -0.305. The third-order valence-electron chi connectivity index (χ3n) is 6.67. The van der Waals surface area contributed by atoms with Crippen molar-refractivity contribution in [1.82, 2.24) is 4.13 Å². The summed E-state index contributed by atoms with van der Waals surface area (Å²) >= 11 is 0.692. The Bertz CT molecular complexity index is 871. The molecule has 0 radical (unpaired) electrons. The number of anilines is 4. The molecule has 2 aromatic rings. The molecule has 0 spiro atoms. The predicted octanol–water partition coefficient (Wildman–Crippen LogP) is 10.5. The molecule has 0 bridgehead atoms. The van der Waals surface area contributed by atoms with Crippen LogP contribution in [0.2, 0.25) is 0 Å². The smallest absolute Gasteiger partial charge is 0.385 e. The molecule has 0 aliphatic heterocycles. The van der Waals surface area contributed by atoms with E-state index >= 15 is 0 Å². The van der Waals surface area contributed by atoms with E-state index in [1.54, 1.807) is 12.1 Å². The van der Waals surface area contributed by atoms with Gasteiger partial charge in [0.1, 0.15) is 0 Å². The second kappa shape index (κ2) is 17.8. The van der Waals surface area contributed by atoms with Gasteiger partial charge in [0.2, 0.25) is 0 Å². The van der Waals surface area contributed by atoms with Gasteiger partial charge in [-0.25, -0.2) is 0 Å². The minimum absolute atomic E-state index is 0.254. The Hall–Kier alpha value is -1.71. The molecule has 0 saturated heterocycles. The average Bonchev–Trinajstić information content (AvgIpc) is 2.89. The monoisotopic (exact) mass is 570 g/mol. The summed E-state index contributed by atoms with van der Waals surface area (Å²) in [7, 11) is 0. The minimum atomic E-state index is -4.31. The summed E-state index contributed by atoms with van der Waals surface area (Å²) in [5.74, 6) is 1.30. The fraction of sp³-hybridized carbons (Fsp3) is 0.586. The highest BCUT2D eigenvalue weighted by Gasteiger charge is 2.28. The first-order valence-electron chi connectivity index (χ1n) is 13.9. The van der Waals surface area contributed by atoms with E-state index in [1.807, 2.05) is 12.1 Å². The van der Waals surface area contributed by atoms with Crippen LogP contribution in [0, 0.1) is 11.8 Å². The van der Waals surface area contributed by atoms with Gasteiger partial charge in [-0.15, -0.1) is 0 Å². The number of alkyl halides is 3. The topological polar surface area (TPSA) is 48.1 Å². The SMILES string of the molecule is CCCCC(CC)CNc1cc(NCC(CC)CCCC)cc(Nc2ccc(SNSC(F)(F)F)cc2)c1. The highest BCUT2D eigenvalue weighted by Crippen LogP contribution is 2.32. The molecule has 4 nitrogen and oxygen atoms in total. The lowest BCUT2D eigenvalue weighted by Gasteiger charge is -2.20. The third-order valence-corrected chi connectivity index (χ3v) is 8.08. The van der Waals surface area contributed by atoms with Gasteiger partial charge in [-0.3, -0.25) is 0 Å². The summed E-state index contributed by atoms with van der Waals surface area (Å²) in [4.78, 5) is 0.709. The highest BCUT2D eigenvalue weighted by atomic mass is 32.2. The molecule has 0 aliphatic carbocycles. The van der Waals surface area contributed by atoms with Crippen molar-refractivity contribution in [2.45, 2.75) is 89.5 Å². The maximum atomic E-state index is 12.3. The zero-order chi connectivity index (χ0) is 27.8. The van der Waals surface area contributed by atoms with Crippen LogP contribution in [0.3, 0.4) is 0 Å². The van der Waals surface area contributed by atoms with Crippen molar-refractivity contribution >= 4 is 46.6 Å². The predicted molar refractivity (Wildman–Crippen MR) is 162 cm³/mol. The molecule has 0 aliphatic rings. The van der Waals surface area contributed by atoms with E-state index in [-0.39, 0.29) is 11.9 Å². The summed E-state index contributed by atoms with van der Waals surface area (Å²) in [6.07, 6.45) is 9.73. The van der Waals surface area contributed by atoms with Crippen LogP contribution < -0.4 is 20.1 Å². The van der Waals surface area contributed by atoms with E-state index in [9.17, 15) is 13.2 Å². The van der Waals surface area contributed by atoms with Gasteiger partial charge in [0, 0.05) is 52.7 Å². The molecule has 214 valence electrons. The molecule has 0 aromatic heterocycles. The van der Waals surface area contributed by atoms with Crippen molar-refractivity contribution < 1.29 is 13.2 Å². The van der Waals surface area contributed by atoms with Crippen LogP contribution in [-0.2, 0) is 0 Å². The zero-order valence-corrected chi connectivity index (χ0v) is 24.9. The molecule has 0 amide bonds. The van der Waals surface area contributed by atoms with Crippen LogP contribution in [0.4, 0.5) is 35.9 Å². The first kappa shape index (κ1) is 32.5. The van der Waals surface area contributed by atoms with Crippen molar-refractivity contribution in [3.8, 4) is 0 Å². The minimum Gasteiger partial charge on any atom is -0.385 e. The Kier molecular flexibility index (Phi) is 15.2. The lowest BCUT2D eigenvalue weighted by molar-refractivity contribution is -0.0331. The van der Waals surface area contributed by atoms with Gasteiger partial charge in [-0.05, 0) is 79.1 Å². The van der Waals surface area contributed by atoms with Gasteiger partial charge in [0.05, 0.1) is 0 Å². The van der Waals surface area contributed by atoms with Crippen molar-refractivity contribution in [3.63, 3.8) is 0 Å². The first-order valence-corrected chi connectivity index (χ1v) is 15.6. The molecule has 0 fully saturated rings. The zero-order valence-electron chi connectivity index (χ0n) is 23.2. The second-order valence-electron chi connectivity index (χ2n) is 9.78. The molecule has 2 rings (SSSR count). The molecule has 0 saturated carbocycles. The Labute approximate surface area is 236 Å². The normalized spacial score (nSPS) is 13.2. The van der Waals surface area contributed by atoms with Gasteiger partial charge < -0.3 is 16.0 Å². The van der Waals surface area contributed by atoms with Gasteiger partial charge in [0.15, 0.2) is 0 Å². The number of hydrogen-bond donors (Lipinski definition) is 4. The van der Waals surface area contributed by atoms with E-state index in [2.05, 4.69) is 66.0 Å². The van der Waals surface area contributed by atoms with E-state index in [1.165, 1.54) is 38.5 Å². The highest BCUT2D eigenvalue weighted by molar-refractivity contribution is 8.13. The molecular formula is C29H45F3N4S2. The molecule has 38 heavy (non-hydrogen) atoms. The lowest BCUT2D eigenvalue weighted by Crippen LogP contribution is -2.15. The Morgan fingerprint density at radius 2 is 1.21 bits per heavy atom. The Balaban J connectivity index is 2.11. The number of nitrogens with one attached hydrogen (secondary N) is 4. The molecule has 2 atom stereocenters. The standard InChI is InChI=1S/C29H45F3N4S2/c1-5-9-11-22(7-3)20-33-25-17-26(34-21-23(8-4)12-10-6-2)19-27(18-25)35-24-13-15-28(16-14-24)37-36-38-29(30,31)32/h13-19,22-23,33-36H,5-12,20-21H2,1-4H3. The van der Waals surface area contributed by atoms with Crippen LogP contribution in [0.5, 0.6) is 0 Å². The molecule has 0 heterocycles. The van der Waals surface area contributed by atoms with Crippen molar-refractivity contribution in [3.05, 3.63) is 42.5 Å². The molecule has 4 N–H and O–H groups in total. The van der Waals surface area contributed by atoms with Gasteiger partial charge in [-0.1, -0.05) is 66.2 Å². The van der Waals surface area contributed by atoms with Gasteiger partial charge >= 0.3 is 5.51 Å². The number of halogens is 3. The Morgan fingerprint density at radius 3 is 1.66 bits per heavy atom. The summed E-state index contributed by atoms with van der Waals surface area (Å²) < 4.78 is 39.3. The number of rotatable bonds is 19. The van der Waals surface area contributed by atoms with Crippen molar-refractivity contribution in [2.24, 2.45) is 11.8 Å². The van der Waals surface area contributed by atoms with Crippen LogP contribution in [0.1, 0.15) is 79.1 Å². The average molecular weight is 571 g/mol. The fourth-order valence-corrected chi connectivity index (χ4v) is 5.41. The van der Waals surface area contributed by atoms with E-state index in [0.29, 0.717) is 16.7 Å². The third kappa shape index (κ3) is 13.4. The van der Waals surface area contributed by atoms with E-state index < -0.39 is 5.51 Å². The second-order valence-corrected chi connectivity index (χ2v) is 11.8. The van der Waals surface area contributed by atoms with Crippen LogP contribution in [0.15, 0.2) is 47.4 Å². The number of hydrogen-bond acceptors (Lipinski definition) is 6. The van der Waals surface area contributed by atoms with Crippen molar-refractivity contribution in [2.75, 3.05) is 29.0 Å². The maximum Gasteiger partial charge on any atom is 0.457 e. The fourth-order valence-electron chi connectivity index (χ4n) is 4.20. The number of benzene rings is 2. The summed E-state index contributed by atoms with van der Waals surface area (Å²) in [6, 6.07) is 13.8. The molecular weight excluding hydrogens is 525 g/mol. The summed E-state index contributed by atoms with van der Waals surface area (Å²) in [6.45, 7) is 10.9. The van der Waals surface area contributed by atoms with E-state index in [0.717, 1.165) is 60.6 Å². The Morgan fingerprint density at radius 1 is 0.711 bits per heavy atom. The van der Waals surface area contributed by atoms with Gasteiger partial charge in [0.25, 0.3) is 0 Å². The van der Waals surface area contributed by atoms with Crippen LogP contribution >= 0.6 is 23.9 Å².